The van der Waals surface area contributed by atoms with Gasteiger partial charge in [0.25, 0.3) is 0 Å². The first-order valence-electron chi connectivity index (χ1n) is 8.13. The van der Waals surface area contributed by atoms with Crippen LogP contribution >= 0.6 is 24.0 Å². The molecule has 2 aromatic rings. The summed E-state index contributed by atoms with van der Waals surface area (Å²) >= 11 is 6.10. The molecule has 0 fully saturated rings. The second kappa shape index (κ2) is 9.37. The molecule has 6 nitrogen and oxygen atoms in total. The van der Waals surface area contributed by atoms with Crippen molar-refractivity contribution in [2.75, 3.05) is 19.0 Å². The molecule has 2 rings (SSSR count). The fourth-order valence-electron chi connectivity index (χ4n) is 2.30. The number of carbonyl (C=O) groups is 1. The highest BCUT2D eigenvalue weighted by Gasteiger charge is 2.22. The lowest BCUT2D eigenvalue weighted by Crippen LogP contribution is -2.28. The summed E-state index contributed by atoms with van der Waals surface area (Å²) in [6, 6.07) is 9.20. The number of hydrogen-bond donors (Lipinski definition) is 2. The topological polar surface area (TPSA) is 82.2 Å². The number of nitrogens with zero attached hydrogens (tertiary/aromatic N) is 2. The molecular weight excluding hydrogens is 375 g/mol. The van der Waals surface area contributed by atoms with Crippen molar-refractivity contribution >= 4 is 35.7 Å². The van der Waals surface area contributed by atoms with Crippen molar-refractivity contribution in [2.45, 2.75) is 38.7 Å². The lowest BCUT2D eigenvalue weighted by molar-refractivity contribution is -0.118. The van der Waals surface area contributed by atoms with Crippen LogP contribution in [-0.2, 0) is 14.9 Å². The average molecular weight is 401 g/mol. The van der Waals surface area contributed by atoms with Gasteiger partial charge in [-0.05, 0) is 18.2 Å². The number of ether oxygens (including phenoxy) is 1. The molecule has 1 amide bonds. The van der Waals surface area contributed by atoms with Crippen LogP contribution < -0.4 is 11.1 Å². The Bertz CT molecular complexity index is 737. The molecule has 26 heavy (non-hydrogen) atoms. The molecule has 3 N–H and O–H groups in total. The van der Waals surface area contributed by atoms with Crippen LogP contribution in [0.15, 0.2) is 30.3 Å². The van der Waals surface area contributed by atoms with Crippen molar-refractivity contribution in [3.63, 3.8) is 0 Å². The molecule has 144 valence electrons. The van der Waals surface area contributed by atoms with Crippen LogP contribution in [-0.4, -0.2) is 35.4 Å². The van der Waals surface area contributed by atoms with E-state index in [9.17, 15) is 4.79 Å². The molecule has 0 saturated heterocycles. The fourth-order valence-corrected chi connectivity index (χ4v) is 2.49. The summed E-state index contributed by atoms with van der Waals surface area (Å²) in [6.45, 7) is 6.49. The Kier molecular flexibility index (Phi) is 8.09. The van der Waals surface area contributed by atoms with E-state index in [1.807, 2.05) is 18.2 Å². The number of aromatic nitrogens is 2. The van der Waals surface area contributed by atoms with Crippen LogP contribution in [0, 0.1) is 0 Å². The summed E-state index contributed by atoms with van der Waals surface area (Å²) in [5.74, 6) is 0.407. The molecule has 0 aliphatic carbocycles. The quantitative estimate of drug-likeness (QED) is 0.776. The first kappa shape index (κ1) is 22.4. The highest BCUT2D eigenvalue weighted by atomic mass is 35.5. The molecule has 1 heterocycles. The minimum atomic E-state index is -0.315. The number of nitrogens with two attached hydrogens (primary N) is 1. The van der Waals surface area contributed by atoms with Crippen molar-refractivity contribution in [2.24, 2.45) is 5.73 Å². The van der Waals surface area contributed by atoms with E-state index in [1.54, 1.807) is 23.9 Å². The fraction of sp³-hybridized carbons (Fsp3) is 0.444. The molecule has 1 atom stereocenters. The van der Waals surface area contributed by atoms with Gasteiger partial charge in [-0.15, -0.1) is 12.4 Å². The van der Waals surface area contributed by atoms with E-state index in [2.05, 4.69) is 31.2 Å². The van der Waals surface area contributed by atoms with E-state index in [4.69, 9.17) is 22.1 Å². The van der Waals surface area contributed by atoms with Gasteiger partial charge in [-0.3, -0.25) is 4.79 Å². The number of hydrogen-bond acceptors (Lipinski definition) is 4. The highest BCUT2D eigenvalue weighted by molar-refractivity contribution is 6.30. The molecule has 0 spiro atoms. The number of carbonyl (C=O) groups excluding carboxylic acids is 1. The van der Waals surface area contributed by atoms with Crippen LogP contribution in [0.4, 0.5) is 5.82 Å². The second-order valence-electron chi connectivity index (χ2n) is 6.90. The minimum Gasteiger partial charge on any atom is -0.380 e. The lowest BCUT2D eigenvalue weighted by atomic mass is 9.92. The molecule has 0 aliphatic heterocycles. The monoisotopic (exact) mass is 400 g/mol. The number of rotatable bonds is 6. The Hall–Kier alpha value is -1.60. The maximum absolute atomic E-state index is 12.3. The predicted octanol–water partition coefficient (Wildman–Crippen LogP) is 3.55. The number of amides is 1. The summed E-state index contributed by atoms with van der Waals surface area (Å²) in [6.07, 6.45) is -0.136. The van der Waals surface area contributed by atoms with Gasteiger partial charge in [0.15, 0.2) is 0 Å². The predicted molar refractivity (Wildman–Crippen MR) is 108 cm³/mol. The SMILES string of the molecule is COC(CN)CC(=O)Nc1cc(C(C)(C)C)nn1-c1cccc(Cl)c1.Cl. The zero-order valence-corrected chi connectivity index (χ0v) is 17.0. The molecule has 8 heteroatoms. The first-order valence-corrected chi connectivity index (χ1v) is 8.51. The Labute approximate surface area is 165 Å². The molecule has 0 aliphatic rings. The van der Waals surface area contributed by atoms with Gasteiger partial charge in [-0.1, -0.05) is 38.4 Å². The van der Waals surface area contributed by atoms with Crippen molar-refractivity contribution in [1.82, 2.24) is 9.78 Å². The molecule has 0 radical (unpaired) electrons. The number of nitrogens with one attached hydrogen (secondary N) is 1. The lowest BCUT2D eigenvalue weighted by Gasteiger charge is -2.14. The van der Waals surface area contributed by atoms with Crippen LogP contribution in [0.1, 0.15) is 32.9 Å². The average Bonchev–Trinajstić information content (AvgIpc) is 2.96. The first-order chi connectivity index (χ1) is 11.7. The maximum atomic E-state index is 12.3. The third kappa shape index (κ3) is 5.71. The Morgan fingerprint density at radius 2 is 2.08 bits per heavy atom. The third-order valence-electron chi connectivity index (χ3n) is 3.81. The van der Waals surface area contributed by atoms with Gasteiger partial charge in [-0.2, -0.15) is 5.10 Å². The summed E-state index contributed by atoms with van der Waals surface area (Å²) in [5, 5.41) is 8.16. The van der Waals surface area contributed by atoms with Gasteiger partial charge in [0, 0.05) is 30.2 Å². The van der Waals surface area contributed by atoms with E-state index in [0.717, 1.165) is 11.4 Å². The number of anilines is 1. The van der Waals surface area contributed by atoms with Crippen molar-refractivity contribution in [3.05, 3.63) is 41.0 Å². The number of methoxy groups -OCH3 is 1. The third-order valence-corrected chi connectivity index (χ3v) is 4.04. The maximum Gasteiger partial charge on any atom is 0.228 e. The summed E-state index contributed by atoms with van der Waals surface area (Å²) in [4.78, 5) is 12.3. The molecule has 0 bridgehead atoms. The Balaban J connectivity index is 0.00000338. The number of halogens is 2. The van der Waals surface area contributed by atoms with Gasteiger partial charge in [-0.25, -0.2) is 4.68 Å². The van der Waals surface area contributed by atoms with Crippen LogP contribution in [0.5, 0.6) is 0 Å². The zero-order chi connectivity index (χ0) is 18.6. The molecular formula is C18H26Cl2N4O2. The van der Waals surface area contributed by atoms with Crippen molar-refractivity contribution in [3.8, 4) is 5.69 Å². The molecule has 1 aromatic heterocycles. The molecule has 1 aromatic carbocycles. The van der Waals surface area contributed by atoms with Crippen molar-refractivity contribution < 1.29 is 9.53 Å². The standard InChI is InChI=1S/C18H25ClN4O2.ClH/c1-18(2,3)15-10-16(21-17(24)9-14(11-20)25-4)23(22-15)13-7-5-6-12(19)8-13;/h5-8,10,14H,9,11,20H2,1-4H3,(H,21,24);1H. The molecule has 1 unspecified atom stereocenters. The largest absolute Gasteiger partial charge is 0.380 e. The Morgan fingerprint density at radius 3 is 2.62 bits per heavy atom. The number of benzene rings is 1. The smallest absolute Gasteiger partial charge is 0.228 e. The summed E-state index contributed by atoms with van der Waals surface area (Å²) in [5.41, 5.74) is 7.07. The minimum absolute atomic E-state index is 0. The van der Waals surface area contributed by atoms with Gasteiger partial charge < -0.3 is 15.8 Å². The molecule has 0 saturated carbocycles. The second-order valence-corrected chi connectivity index (χ2v) is 7.34. The van der Waals surface area contributed by atoms with Gasteiger partial charge in [0.05, 0.1) is 23.9 Å². The van der Waals surface area contributed by atoms with E-state index < -0.39 is 0 Å². The van der Waals surface area contributed by atoms with Crippen LogP contribution in [0.2, 0.25) is 5.02 Å². The zero-order valence-electron chi connectivity index (χ0n) is 15.5. The van der Waals surface area contributed by atoms with E-state index >= 15 is 0 Å². The summed E-state index contributed by atoms with van der Waals surface area (Å²) in [7, 11) is 1.54. The Morgan fingerprint density at radius 1 is 1.38 bits per heavy atom. The van der Waals surface area contributed by atoms with Crippen molar-refractivity contribution in [1.29, 1.82) is 0 Å². The van der Waals surface area contributed by atoms with Gasteiger partial charge >= 0.3 is 0 Å². The van der Waals surface area contributed by atoms with Gasteiger partial charge in [0.2, 0.25) is 5.91 Å². The van der Waals surface area contributed by atoms with Gasteiger partial charge in [0.1, 0.15) is 5.82 Å². The highest BCUT2D eigenvalue weighted by Crippen LogP contribution is 2.27. The van der Waals surface area contributed by atoms with E-state index in [0.29, 0.717) is 10.8 Å². The van der Waals surface area contributed by atoms with Crippen LogP contribution in [0.25, 0.3) is 5.69 Å². The summed E-state index contributed by atoms with van der Waals surface area (Å²) < 4.78 is 6.86. The van der Waals surface area contributed by atoms with E-state index in [-0.39, 0.29) is 42.8 Å². The van der Waals surface area contributed by atoms with E-state index in [1.165, 1.54) is 0 Å². The van der Waals surface area contributed by atoms with Crippen LogP contribution in [0.3, 0.4) is 0 Å². The normalized spacial score (nSPS) is 12.4.